The summed E-state index contributed by atoms with van der Waals surface area (Å²) in [6.07, 6.45) is 1.73. The minimum absolute atomic E-state index is 0.00792. The maximum Gasteiger partial charge on any atom is 0.245 e. The van der Waals surface area contributed by atoms with Crippen LogP contribution in [0.2, 0.25) is 0 Å². The Balaban J connectivity index is 2.95. The van der Waals surface area contributed by atoms with Gasteiger partial charge in [0.25, 0.3) is 0 Å². The van der Waals surface area contributed by atoms with Gasteiger partial charge in [0.05, 0.1) is 0 Å². The summed E-state index contributed by atoms with van der Waals surface area (Å²) in [5, 5.41) is 2.92. The van der Waals surface area contributed by atoms with Crippen molar-refractivity contribution in [1.82, 2.24) is 10.2 Å². The first-order chi connectivity index (χ1) is 9.27. The lowest BCUT2D eigenvalue weighted by molar-refractivity contribution is -0.152. The highest BCUT2D eigenvalue weighted by atomic mass is 16.2. The molecule has 0 spiro atoms. The van der Waals surface area contributed by atoms with Crippen molar-refractivity contribution in [3.8, 4) is 0 Å². The molecular weight excluding hydrogens is 252 g/mol. The fraction of sp³-hybridized carbons (Fsp3) is 0.875. The largest absolute Gasteiger partial charge is 0.342 e. The quantitative estimate of drug-likeness (QED) is 0.813. The fourth-order valence-electron chi connectivity index (χ4n) is 2.76. The predicted molar refractivity (Wildman–Crippen MR) is 81.2 cm³/mol. The smallest absolute Gasteiger partial charge is 0.245 e. The highest BCUT2D eigenvalue weighted by Gasteiger charge is 2.42. The molecule has 0 aromatic rings. The maximum atomic E-state index is 12.7. The number of piperazine rings is 1. The summed E-state index contributed by atoms with van der Waals surface area (Å²) in [7, 11) is 0. The molecule has 1 aliphatic rings. The molecule has 4 heteroatoms. The molecule has 1 aliphatic heterocycles. The van der Waals surface area contributed by atoms with Crippen LogP contribution < -0.4 is 5.32 Å². The van der Waals surface area contributed by atoms with Gasteiger partial charge in [-0.3, -0.25) is 9.59 Å². The number of carbonyl (C=O) groups excluding carboxylic acids is 2. The van der Waals surface area contributed by atoms with E-state index in [2.05, 4.69) is 33.0 Å². The van der Waals surface area contributed by atoms with Crippen LogP contribution in [0.15, 0.2) is 0 Å². The molecule has 20 heavy (non-hydrogen) atoms. The van der Waals surface area contributed by atoms with E-state index in [-0.39, 0.29) is 29.8 Å². The van der Waals surface area contributed by atoms with Crippen LogP contribution in [0.4, 0.5) is 0 Å². The molecule has 1 rings (SSSR count). The van der Waals surface area contributed by atoms with Gasteiger partial charge in [-0.1, -0.05) is 48.0 Å². The van der Waals surface area contributed by atoms with E-state index in [0.717, 1.165) is 6.42 Å². The minimum Gasteiger partial charge on any atom is -0.342 e. The molecule has 1 saturated heterocycles. The molecule has 3 unspecified atom stereocenters. The van der Waals surface area contributed by atoms with E-state index in [9.17, 15) is 9.59 Å². The first-order valence-corrected chi connectivity index (χ1v) is 7.88. The van der Waals surface area contributed by atoms with Gasteiger partial charge < -0.3 is 10.2 Å². The summed E-state index contributed by atoms with van der Waals surface area (Å²) in [5.74, 6) is 1.06. The molecule has 0 aromatic carbocycles. The van der Waals surface area contributed by atoms with Crippen LogP contribution in [0.1, 0.15) is 54.4 Å². The van der Waals surface area contributed by atoms with Gasteiger partial charge in [0.15, 0.2) is 0 Å². The summed E-state index contributed by atoms with van der Waals surface area (Å²) in [4.78, 5) is 26.9. The van der Waals surface area contributed by atoms with Crippen molar-refractivity contribution in [3.63, 3.8) is 0 Å². The molecule has 1 fully saturated rings. The first-order valence-electron chi connectivity index (χ1n) is 7.88. The van der Waals surface area contributed by atoms with Gasteiger partial charge in [0.1, 0.15) is 12.1 Å². The zero-order valence-corrected chi connectivity index (χ0v) is 13.8. The van der Waals surface area contributed by atoms with Crippen LogP contribution in [-0.4, -0.2) is 35.3 Å². The van der Waals surface area contributed by atoms with Gasteiger partial charge >= 0.3 is 0 Å². The Labute approximate surface area is 123 Å². The van der Waals surface area contributed by atoms with Crippen LogP contribution in [0, 0.1) is 17.8 Å². The molecule has 3 atom stereocenters. The van der Waals surface area contributed by atoms with E-state index < -0.39 is 0 Å². The Hall–Kier alpha value is -1.06. The molecule has 0 aliphatic carbocycles. The van der Waals surface area contributed by atoms with Crippen molar-refractivity contribution in [2.75, 3.05) is 6.54 Å². The molecule has 1 N–H and O–H groups in total. The lowest BCUT2D eigenvalue weighted by Gasteiger charge is -2.42. The molecule has 116 valence electrons. The number of nitrogens with zero attached hydrogens (tertiary/aromatic N) is 1. The number of hydrogen-bond acceptors (Lipinski definition) is 2. The van der Waals surface area contributed by atoms with Crippen LogP contribution >= 0.6 is 0 Å². The third-order valence-corrected chi connectivity index (χ3v) is 4.05. The molecule has 0 bridgehead atoms. The van der Waals surface area contributed by atoms with Gasteiger partial charge in [0, 0.05) is 6.54 Å². The highest BCUT2D eigenvalue weighted by molar-refractivity contribution is 5.97. The van der Waals surface area contributed by atoms with Crippen molar-refractivity contribution >= 4 is 11.8 Å². The van der Waals surface area contributed by atoms with Gasteiger partial charge in [0.2, 0.25) is 11.8 Å². The fourth-order valence-corrected chi connectivity index (χ4v) is 2.76. The Morgan fingerprint density at radius 1 is 1.15 bits per heavy atom. The number of hydrogen-bond donors (Lipinski definition) is 1. The third kappa shape index (κ3) is 3.97. The molecular formula is C16H30N2O2. The van der Waals surface area contributed by atoms with E-state index in [1.807, 2.05) is 18.7 Å². The molecule has 4 nitrogen and oxygen atoms in total. The highest BCUT2D eigenvalue weighted by Crippen LogP contribution is 2.22. The van der Waals surface area contributed by atoms with E-state index in [1.165, 1.54) is 0 Å². The third-order valence-electron chi connectivity index (χ3n) is 4.05. The maximum absolute atomic E-state index is 12.7. The van der Waals surface area contributed by atoms with Crippen molar-refractivity contribution in [1.29, 1.82) is 0 Å². The number of amides is 2. The Morgan fingerprint density at radius 2 is 1.75 bits per heavy atom. The van der Waals surface area contributed by atoms with Gasteiger partial charge in [-0.15, -0.1) is 0 Å². The minimum atomic E-state index is -0.346. The van der Waals surface area contributed by atoms with Gasteiger partial charge in [-0.25, -0.2) is 0 Å². The summed E-state index contributed by atoms with van der Waals surface area (Å²) >= 11 is 0. The zero-order chi connectivity index (χ0) is 15.4. The van der Waals surface area contributed by atoms with Gasteiger partial charge in [-0.2, -0.15) is 0 Å². The Morgan fingerprint density at radius 3 is 2.20 bits per heavy atom. The van der Waals surface area contributed by atoms with Crippen molar-refractivity contribution in [2.45, 2.75) is 66.5 Å². The zero-order valence-electron chi connectivity index (χ0n) is 13.8. The second-order valence-electron chi connectivity index (χ2n) is 6.88. The van der Waals surface area contributed by atoms with E-state index >= 15 is 0 Å². The van der Waals surface area contributed by atoms with Crippen LogP contribution in [-0.2, 0) is 9.59 Å². The summed E-state index contributed by atoms with van der Waals surface area (Å²) in [6, 6.07) is -0.665. The monoisotopic (exact) mass is 282 g/mol. The Bertz CT molecular complexity index is 352. The van der Waals surface area contributed by atoms with E-state index in [4.69, 9.17) is 0 Å². The van der Waals surface area contributed by atoms with Gasteiger partial charge in [-0.05, 0) is 24.2 Å². The topological polar surface area (TPSA) is 49.4 Å². The van der Waals surface area contributed by atoms with Crippen molar-refractivity contribution in [3.05, 3.63) is 0 Å². The summed E-state index contributed by atoms with van der Waals surface area (Å²) in [5.41, 5.74) is 0. The van der Waals surface area contributed by atoms with Crippen molar-refractivity contribution < 1.29 is 9.59 Å². The van der Waals surface area contributed by atoms with Crippen LogP contribution in [0.5, 0.6) is 0 Å². The van der Waals surface area contributed by atoms with E-state index in [1.54, 1.807) is 0 Å². The Kier molecular flexibility index (Phi) is 6.03. The lowest BCUT2D eigenvalue weighted by Crippen LogP contribution is -2.65. The second-order valence-corrected chi connectivity index (χ2v) is 6.88. The summed E-state index contributed by atoms with van der Waals surface area (Å²) < 4.78 is 0. The number of nitrogens with one attached hydrogen (secondary N) is 1. The average molecular weight is 282 g/mol. The van der Waals surface area contributed by atoms with Crippen molar-refractivity contribution in [2.24, 2.45) is 17.8 Å². The molecule has 0 radical (unpaired) electrons. The molecule has 2 amide bonds. The summed E-state index contributed by atoms with van der Waals surface area (Å²) in [6.45, 7) is 13.1. The molecule has 0 aromatic heterocycles. The van der Waals surface area contributed by atoms with Crippen LogP contribution in [0.25, 0.3) is 0 Å². The lowest BCUT2D eigenvalue weighted by atomic mass is 9.92. The number of rotatable bonds is 6. The average Bonchev–Trinajstić information content (AvgIpc) is 2.33. The van der Waals surface area contributed by atoms with E-state index in [0.29, 0.717) is 24.8 Å². The second kappa shape index (κ2) is 7.09. The predicted octanol–water partition coefficient (Wildman–Crippen LogP) is 2.43. The molecule has 0 saturated carbocycles. The standard InChI is InChI=1S/C16H30N2O2/c1-7-12(6)9-18-14(11(4)5)15(19)17-13(16(18)20)8-10(2)3/h10-14H,7-9H2,1-6H3,(H,17,19). The first kappa shape index (κ1) is 17.0. The SMILES string of the molecule is CCC(C)CN1C(=O)C(CC(C)C)NC(=O)C1C(C)C. The normalized spacial score (nSPS) is 25.3. The molecule has 1 heterocycles. The van der Waals surface area contributed by atoms with Crippen LogP contribution in [0.3, 0.4) is 0 Å². The number of carbonyl (C=O) groups is 2.